The Morgan fingerprint density at radius 3 is 2.42 bits per heavy atom. The summed E-state index contributed by atoms with van der Waals surface area (Å²) in [6.07, 6.45) is 8.68. The van der Waals surface area contributed by atoms with Crippen LogP contribution in [0, 0.1) is 11.8 Å². The van der Waals surface area contributed by atoms with E-state index in [0.29, 0.717) is 6.04 Å². The average Bonchev–Trinajstić information content (AvgIpc) is 2.63. The lowest BCUT2D eigenvalue weighted by Gasteiger charge is -2.20. The lowest BCUT2D eigenvalue weighted by molar-refractivity contribution is 0.275. The molecule has 3 nitrogen and oxygen atoms in total. The van der Waals surface area contributed by atoms with Crippen molar-refractivity contribution in [2.75, 3.05) is 13.2 Å². The van der Waals surface area contributed by atoms with Crippen molar-refractivity contribution in [3.05, 3.63) is 29.8 Å². The normalized spacial score (nSPS) is 16.9. The standard InChI is InChI=1S/C23H38N2O/c1-18(2)8-7-9-19(3)15-17-26-22-13-11-21(12-14-22)20(4)25-23-10-5-6-16-24-23/h11-14,18-20H,5-10,15-17H2,1-4H3,(H,24,25). The second kappa shape index (κ2) is 11.3. The summed E-state index contributed by atoms with van der Waals surface area (Å²) >= 11 is 0. The molecular formula is C23H38N2O. The van der Waals surface area contributed by atoms with Gasteiger partial charge in [0, 0.05) is 19.0 Å². The third kappa shape index (κ3) is 7.80. The Bertz CT molecular complexity index is 536. The fraction of sp³-hybridized carbons (Fsp3) is 0.696. The number of nitrogens with one attached hydrogen (secondary N) is 1. The van der Waals surface area contributed by atoms with Gasteiger partial charge in [-0.1, -0.05) is 52.2 Å². The smallest absolute Gasteiger partial charge is 0.119 e. The molecule has 26 heavy (non-hydrogen) atoms. The third-order valence-electron chi connectivity index (χ3n) is 5.25. The lowest BCUT2D eigenvalue weighted by atomic mass is 9.98. The van der Waals surface area contributed by atoms with E-state index in [9.17, 15) is 0 Å². The molecule has 1 aromatic carbocycles. The van der Waals surface area contributed by atoms with Crippen LogP contribution in [0.5, 0.6) is 5.75 Å². The van der Waals surface area contributed by atoms with Gasteiger partial charge in [0.15, 0.2) is 0 Å². The molecule has 0 saturated heterocycles. The number of hydrogen-bond acceptors (Lipinski definition) is 3. The van der Waals surface area contributed by atoms with Crippen LogP contribution in [0.2, 0.25) is 0 Å². The van der Waals surface area contributed by atoms with Crippen molar-refractivity contribution in [3.8, 4) is 5.75 Å². The Kier molecular flexibility index (Phi) is 9.00. The molecule has 2 unspecified atom stereocenters. The molecule has 1 aliphatic rings. The second-order valence-corrected chi connectivity index (χ2v) is 8.29. The molecule has 0 spiro atoms. The first-order valence-electron chi connectivity index (χ1n) is 10.6. The molecule has 1 aliphatic heterocycles. The third-order valence-corrected chi connectivity index (χ3v) is 5.25. The van der Waals surface area contributed by atoms with Crippen LogP contribution in [-0.2, 0) is 0 Å². The van der Waals surface area contributed by atoms with E-state index in [1.54, 1.807) is 0 Å². The molecular weight excluding hydrogens is 320 g/mol. The molecule has 0 aromatic heterocycles. The maximum Gasteiger partial charge on any atom is 0.119 e. The Hall–Kier alpha value is -1.51. The molecule has 3 heteroatoms. The van der Waals surface area contributed by atoms with E-state index >= 15 is 0 Å². The van der Waals surface area contributed by atoms with Crippen molar-refractivity contribution in [3.63, 3.8) is 0 Å². The van der Waals surface area contributed by atoms with Gasteiger partial charge >= 0.3 is 0 Å². The summed E-state index contributed by atoms with van der Waals surface area (Å²) in [6.45, 7) is 10.9. The highest BCUT2D eigenvalue weighted by Gasteiger charge is 2.10. The first kappa shape index (κ1) is 20.8. The minimum atomic E-state index is 0.293. The van der Waals surface area contributed by atoms with Gasteiger partial charge in [-0.15, -0.1) is 0 Å². The van der Waals surface area contributed by atoms with Gasteiger partial charge in [-0.2, -0.15) is 0 Å². The molecule has 1 heterocycles. The van der Waals surface area contributed by atoms with E-state index in [4.69, 9.17) is 4.74 Å². The van der Waals surface area contributed by atoms with E-state index in [1.165, 1.54) is 37.7 Å². The molecule has 0 bridgehead atoms. The molecule has 146 valence electrons. The molecule has 0 saturated carbocycles. The number of aliphatic imine (C=N–C) groups is 1. The number of ether oxygens (including phenoxy) is 1. The topological polar surface area (TPSA) is 33.6 Å². The Morgan fingerprint density at radius 1 is 1.00 bits per heavy atom. The molecule has 0 fully saturated rings. The van der Waals surface area contributed by atoms with Crippen LogP contribution < -0.4 is 10.1 Å². The van der Waals surface area contributed by atoms with Crippen LogP contribution in [0.25, 0.3) is 0 Å². The number of benzene rings is 1. The number of hydrogen-bond donors (Lipinski definition) is 1. The summed E-state index contributed by atoms with van der Waals surface area (Å²) in [7, 11) is 0. The van der Waals surface area contributed by atoms with Crippen molar-refractivity contribution >= 4 is 5.84 Å². The van der Waals surface area contributed by atoms with Crippen LogP contribution in [0.3, 0.4) is 0 Å². The van der Waals surface area contributed by atoms with Gasteiger partial charge in [-0.05, 0) is 55.7 Å². The quantitative estimate of drug-likeness (QED) is 0.544. The summed E-state index contributed by atoms with van der Waals surface area (Å²) in [5, 5.41) is 3.55. The first-order valence-corrected chi connectivity index (χ1v) is 10.6. The van der Waals surface area contributed by atoms with Gasteiger partial charge in [-0.3, -0.25) is 4.99 Å². The van der Waals surface area contributed by atoms with Gasteiger partial charge < -0.3 is 10.1 Å². The van der Waals surface area contributed by atoms with Gasteiger partial charge in [0.05, 0.1) is 12.4 Å². The Labute approximate surface area is 160 Å². The fourth-order valence-corrected chi connectivity index (χ4v) is 3.40. The second-order valence-electron chi connectivity index (χ2n) is 8.29. The molecule has 1 N–H and O–H groups in total. The molecule has 0 radical (unpaired) electrons. The van der Waals surface area contributed by atoms with Crippen molar-refractivity contribution in [1.82, 2.24) is 5.32 Å². The summed E-state index contributed by atoms with van der Waals surface area (Å²) < 4.78 is 5.94. The highest BCUT2D eigenvalue weighted by Crippen LogP contribution is 2.20. The summed E-state index contributed by atoms with van der Waals surface area (Å²) in [4.78, 5) is 4.58. The minimum absolute atomic E-state index is 0.293. The highest BCUT2D eigenvalue weighted by molar-refractivity contribution is 5.83. The predicted molar refractivity (Wildman–Crippen MR) is 112 cm³/mol. The molecule has 2 atom stereocenters. The van der Waals surface area contributed by atoms with E-state index < -0.39 is 0 Å². The van der Waals surface area contributed by atoms with Crippen LogP contribution in [0.1, 0.15) is 84.2 Å². The van der Waals surface area contributed by atoms with Gasteiger partial charge in [-0.25, -0.2) is 0 Å². The minimum Gasteiger partial charge on any atom is -0.494 e. The number of amidine groups is 1. The van der Waals surface area contributed by atoms with Crippen molar-refractivity contribution in [2.45, 2.75) is 78.7 Å². The summed E-state index contributed by atoms with van der Waals surface area (Å²) in [6, 6.07) is 8.83. The average molecular weight is 359 g/mol. The largest absolute Gasteiger partial charge is 0.494 e. The van der Waals surface area contributed by atoms with Crippen LogP contribution in [-0.4, -0.2) is 19.0 Å². The van der Waals surface area contributed by atoms with E-state index in [-0.39, 0.29) is 0 Å². The first-order chi connectivity index (χ1) is 12.5. The van der Waals surface area contributed by atoms with Crippen molar-refractivity contribution in [2.24, 2.45) is 16.8 Å². The zero-order chi connectivity index (χ0) is 18.8. The summed E-state index contributed by atoms with van der Waals surface area (Å²) in [5.41, 5.74) is 1.28. The molecule has 1 aromatic rings. The van der Waals surface area contributed by atoms with Crippen molar-refractivity contribution < 1.29 is 4.74 Å². The molecule has 0 amide bonds. The van der Waals surface area contributed by atoms with Crippen LogP contribution in [0.4, 0.5) is 0 Å². The fourth-order valence-electron chi connectivity index (χ4n) is 3.40. The van der Waals surface area contributed by atoms with E-state index in [1.807, 2.05) is 0 Å². The van der Waals surface area contributed by atoms with E-state index in [0.717, 1.165) is 49.4 Å². The van der Waals surface area contributed by atoms with Gasteiger partial charge in [0.25, 0.3) is 0 Å². The number of nitrogens with zero attached hydrogens (tertiary/aromatic N) is 1. The maximum absolute atomic E-state index is 5.94. The van der Waals surface area contributed by atoms with E-state index in [2.05, 4.69) is 62.3 Å². The predicted octanol–water partition coefficient (Wildman–Crippen LogP) is 6.15. The summed E-state index contributed by atoms with van der Waals surface area (Å²) in [5.74, 6) is 3.70. The highest BCUT2D eigenvalue weighted by atomic mass is 16.5. The lowest BCUT2D eigenvalue weighted by Crippen LogP contribution is -2.28. The molecule has 0 aliphatic carbocycles. The van der Waals surface area contributed by atoms with Gasteiger partial charge in [0.2, 0.25) is 0 Å². The zero-order valence-electron chi connectivity index (χ0n) is 17.3. The maximum atomic E-state index is 5.94. The van der Waals surface area contributed by atoms with Gasteiger partial charge in [0.1, 0.15) is 5.75 Å². The SMILES string of the molecule is CC(C)CCCC(C)CCOc1ccc(C(C)NC2=NCCCC2)cc1. The van der Waals surface area contributed by atoms with Crippen molar-refractivity contribution in [1.29, 1.82) is 0 Å². The van der Waals surface area contributed by atoms with Crippen LogP contribution >= 0.6 is 0 Å². The van der Waals surface area contributed by atoms with Crippen LogP contribution in [0.15, 0.2) is 29.3 Å². The Balaban J connectivity index is 1.69. The monoisotopic (exact) mass is 358 g/mol. The number of rotatable bonds is 10. The molecule has 2 rings (SSSR count). The zero-order valence-corrected chi connectivity index (χ0v) is 17.3. The Morgan fingerprint density at radius 2 is 1.77 bits per heavy atom.